The van der Waals surface area contributed by atoms with Gasteiger partial charge in [0.15, 0.2) is 0 Å². The summed E-state index contributed by atoms with van der Waals surface area (Å²) >= 11 is 0. The predicted molar refractivity (Wildman–Crippen MR) is 134 cm³/mol. The lowest BCUT2D eigenvalue weighted by Crippen LogP contribution is -2.32. The van der Waals surface area contributed by atoms with E-state index < -0.39 is 71.0 Å². The van der Waals surface area contributed by atoms with Crippen molar-refractivity contribution in [2.45, 2.75) is 70.3 Å². The molecule has 4 rings (SSSR count). The van der Waals surface area contributed by atoms with E-state index in [1.54, 1.807) is 18.2 Å². The van der Waals surface area contributed by atoms with Gasteiger partial charge in [0, 0.05) is 16.7 Å². The maximum atomic E-state index is 13.6. The van der Waals surface area contributed by atoms with Crippen LogP contribution in [0.2, 0.25) is 0 Å². The molecule has 3 aromatic rings. The molecule has 0 saturated carbocycles. The van der Waals surface area contributed by atoms with Crippen molar-refractivity contribution in [2.24, 2.45) is 0 Å². The number of ether oxygens (including phenoxy) is 1. The topological polar surface area (TPSA) is 42.4 Å². The molecule has 13 heteroatoms. The number of carbonyl (C=O) groups excluding carboxylic acids is 1. The van der Waals surface area contributed by atoms with Gasteiger partial charge in [0.1, 0.15) is 6.10 Å². The Morgan fingerprint density at radius 2 is 1.36 bits per heavy atom. The first kappa shape index (κ1) is 31.2. The summed E-state index contributed by atoms with van der Waals surface area (Å²) in [6.07, 6.45) is -17.7. The molecule has 0 radical (unpaired) electrons. The van der Waals surface area contributed by atoms with Gasteiger partial charge >= 0.3 is 24.6 Å². The van der Waals surface area contributed by atoms with Gasteiger partial charge in [0.2, 0.25) is 0 Å². The van der Waals surface area contributed by atoms with E-state index >= 15 is 0 Å². The quantitative estimate of drug-likeness (QED) is 0.279. The molecule has 2 heterocycles. The maximum Gasteiger partial charge on any atom is 0.416 e. The third-order valence-electron chi connectivity index (χ3n) is 6.90. The van der Waals surface area contributed by atoms with Gasteiger partial charge in [-0.25, -0.2) is 4.79 Å². The summed E-state index contributed by atoms with van der Waals surface area (Å²) in [5.74, 6) is 0. The monoisotopic (exact) mass is 604 g/mol. The minimum Gasteiger partial charge on any atom is -0.439 e. The lowest BCUT2D eigenvalue weighted by molar-refractivity contribution is -0.143. The van der Waals surface area contributed by atoms with E-state index in [0.29, 0.717) is 23.5 Å². The molecule has 0 N–H and O–H groups in total. The van der Waals surface area contributed by atoms with Crippen LogP contribution in [0.15, 0.2) is 54.6 Å². The van der Waals surface area contributed by atoms with Crippen molar-refractivity contribution < 1.29 is 49.0 Å². The summed E-state index contributed by atoms with van der Waals surface area (Å²) in [6.45, 7) is 6.53. The molecule has 1 amide bonds. The zero-order valence-corrected chi connectivity index (χ0v) is 22.7. The number of pyridine rings is 1. The molecule has 0 unspecified atom stereocenters. The third kappa shape index (κ3) is 6.49. The Morgan fingerprint density at radius 1 is 0.786 bits per heavy atom. The van der Waals surface area contributed by atoms with E-state index in [2.05, 4.69) is 4.98 Å². The summed E-state index contributed by atoms with van der Waals surface area (Å²) in [4.78, 5) is 18.4. The number of hydrogen-bond acceptors (Lipinski definition) is 3. The first-order chi connectivity index (χ1) is 19.2. The average molecular weight is 605 g/mol. The maximum absolute atomic E-state index is 13.6. The van der Waals surface area contributed by atoms with Crippen LogP contribution in [0.3, 0.4) is 0 Å². The van der Waals surface area contributed by atoms with Crippen LogP contribution in [0.1, 0.15) is 67.3 Å². The van der Waals surface area contributed by atoms with Gasteiger partial charge in [-0.2, -0.15) is 39.5 Å². The molecule has 1 fully saturated rings. The van der Waals surface area contributed by atoms with Crippen LogP contribution in [0, 0.1) is 0 Å². The van der Waals surface area contributed by atoms with E-state index in [0.717, 1.165) is 17.0 Å². The van der Waals surface area contributed by atoms with E-state index in [1.165, 1.54) is 13.0 Å². The number of rotatable bonds is 4. The summed E-state index contributed by atoms with van der Waals surface area (Å²) in [5.41, 5.74) is -3.91. The zero-order chi connectivity index (χ0) is 31.4. The molecule has 1 aromatic heterocycles. The molecular weight excluding hydrogens is 579 g/mol. The van der Waals surface area contributed by atoms with Crippen LogP contribution < -0.4 is 0 Å². The van der Waals surface area contributed by atoms with E-state index in [4.69, 9.17) is 4.74 Å². The number of aromatic nitrogens is 1. The second-order valence-electron chi connectivity index (χ2n) is 11.0. The highest BCUT2D eigenvalue weighted by atomic mass is 19.4. The number of benzene rings is 2. The van der Waals surface area contributed by atoms with Crippen molar-refractivity contribution in [1.82, 2.24) is 9.88 Å². The van der Waals surface area contributed by atoms with E-state index in [1.807, 2.05) is 20.8 Å². The summed E-state index contributed by atoms with van der Waals surface area (Å²) in [6, 6.07) is 7.65. The van der Waals surface area contributed by atoms with Gasteiger partial charge in [-0.15, -0.1) is 0 Å². The molecule has 4 nitrogen and oxygen atoms in total. The number of carbonyl (C=O) groups is 1. The van der Waals surface area contributed by atoms with Crippen LogP contribution >= 0.6 is 0 Å². The lowest BCUT2D eigenvalue weighted by atomic mass is 9.91. The Balaban J connectivity index is 1.76. The minimum atomic E-state index is -5.12. The number of halogens is 9. The van der Waals surface area contributed by atoms with Crippen molar-refractivity contribution in [3.8, 4) is 11.3 Å². The first-order valence-electron chi connectivity index (χ1n) is 12.6. The molecular formula is C29H25F9N2O2. The van der Waals surface area contributed by atoms with Crippen LogP contribution in [-0.4, -0.2) is 22.0 Å². The summed E-state index contributed by atoms with van der Waals surface area (Å²) in [7, 11) is 0. The second-order valence-corrected chi connectivity index (χ2v) is 11.0. The lowest BCUT2D eigenvalue weighted by Gasteiger charge is -2.24. The minimum absolute atomic E-state index is 0.00727. The highest BCUT2D eigenvalue weighted by Crippen LogP contribution is 2.42. The van der Waals surface area contributed by atoms with Gasteiger partial charge in [0.25, 0.3) is 0 Å². The summed E-state index contributed by atoms with van der Waals surface area (Å²) < 4.78 is 127. The summed E-state index contributed by atoms with van der Waals surface area (Å²) in [5, 5.41) is 0. The molecule has 2 aromatic carbocycles. The predicted octanol–water partition coefficient (Wildman–Crippen LogP) is 9.18. The van der Waals surface area contributed by atoms with Crippen molar-refractivity contribution in [2.75, 3.05) is 0 Å². The Labute approximate surface area is 235 Å². The van der Waals surface area contributed by atoms with Gasteiger partial charge in [0.05, 0.1) is 35.0 Å². The van der Waals surface area contributed by atoms with Crippen LogP contribution in [-0.2, 0) is 35.2 Å². The van der Waals surface area contributed by atoms with Gasteiger partial charge < -0.3 is 4.74 Å². The van der Waals surface area contributed by atoms with Crippen LogP contribution in [0.5, 0.6) is 0 Å². The normalized spacial score (nSPS) is 18.4. The van der Waals surface area contributed by atoms with Gasteiger partial charge in [-0.1, -0.05) is 32.9 Å². The van der Waals surface area contributed by atoms with Crippen molar-refractivity contribution in [3.05, 3.63) is 88.1 Å². The fourth-order valence-corrected chi connectivity index (χ4v) is 4.64. The molecule has 1 aliphatic heterocycles. The average Bonchev–Trinajstić information content (AvgIpc) is 3.15. The van der Waals surface area contributed by atoms with Crippen LogP contribution in [0.4, 0.5) is 44.3 Å². The molecule has 42 heavy (non-hydrogen) atoms. The fraction of sp³-hybridized carbons (Fsp3) is 0.379. The first-order valence-corrected chi connectivity index (χ1v) is 12.6. The van der Waals surface area contributed by atoms with Gasteiger partial charge in [-0.3, -0.25) is 9.88 Å². The zero-order valence-electron chi connectivity index (χ0n) is 22.7. The SMILES string of the molecule is C[C@H]1[C@@H](c2cc(C(F)(F)F)cc(C(F)(F)F)c2)OC(=O)N1Cc1cc(C(F)(F)F)ccc1-c1cccc(C(C)(C)C)n1. The van der Waals surface area contributed by atoms with Crippen molar-refractivity contribution >= 4 is 6.09 Å². The van der Waals surface area contributed by atoms with Crippen molar-refractivity contribution in [3.63, 3.8) is 0 Å². The number of amides is 1. The molecule has 0 aliphatic carbocycles. The van der Waals surface area contributed by atoms with Crippen molar-refractivity contribution in [1.29, 1.82) is 0 Å². The fourth-order valence-electron chi connectivity index (χ4n) is 4.64. The highest BCUT2D eigenvalue weighted by molar-refractivity contribution is 5.72. The standard InChI is InChI=1S/C29H25F9N2O2/c1-15-24(16-10-19(28(33,34)35)13-20(11-16)29(36,37)38)42-25(41)40(15)14-17-12-18(27(30,31)32)8-9-21(17)22-6-5-7-23(39-22)26(2,3)4/h5-13,15,24H,14H2,1-4H3/t15-,24-/m0/s1. The second kappa shape index (κ2) is 10.5. The van der Waals surface area contributed by atoms with E-state index in [9.17, 15) is 44.3 Å². The highest BCUT2D eigenvalue weighted by Gasteiger charge is 2.43. The largest absolute Gasteiger partial charge is 0.439 e. The van der Waals surface area contributed by atoms with E-state index in [-0.39, 0.29) is 17.2 Å². The number of alkyl halides is 9. The molecule has 1 saturated heterocycles. The third-order valence-corrected chi connectivity index (χ3v) is 6.90. The molecule has 226 valence electrons. The number of cyclic esters (lactones) is 1. The van der Waals surface area contributed by atoms with Crippen LogP contribution in [0.25, 0.3) is 11.3 Å². The molecule has 0 spiro atoms. The number of hydrogen-bond donors (Lipinski definition) is 0. The van der Waals surface area contributed by atoms with Gasteiger partial charge in [-0.05, 0) is 60.5 Å². The smallest absolute Gasteiger partial charge is 0.416 e. The Bertz CT molecular complexity index is 1460. The number of nitrogens with zero attached hydrogens (tertiary/aromatic N) is 2. The Hall–Kier alpha value is -3.77. The molecule has 2 atom stereocenters. The molecule has 1 aliphatic rings. The molecule has 0 bridgehead atoms. The Morgan fingerprint density at radius 3 is 1.88 bits per heavy atom. The Kier molecular flexibility index (Phi) is 7.79.